The van der Waals surface area contributed by atoms with Gasteiger partial charge in [0.05, 0.1) is 25.1 Å². The Labute approximate surface area is 176 Å². The molecule has 0 unspecified atom stereocenters. The molecule has 31 heavy (non-hydrogen) atoms. The fourth-order valence-electron chi connectivity index (χ4n) is 2.65. The number of benzene rings is 2. The van der Waals surface area contributed by atoms with E-state index in [1.807, 2.05) is 0 Å². The SMILES string of the molecule is COC(=O)/C(=C/[C@@H](C[N+](=O)[O-])c1ccc([N+](=O)[O-])cc1)OC(=O)c1ccccc1OC. The third-order valence-electron chi connectivity index (χ3n) is 4.15. The molecule has 0 aromatic heterocycles. The van der Waals surface area contributed by atoms with Crippen LogP contribution in [-0.4, -0.2) is 42.5 Å². The molecule has 0 bridgehead atoms. The number of ether oxygens (including phenoxy) is 3. The van der Waals surface area contributed by atoms with Gasteiger partial charge in [0.1, 0.15) is 11.3 Å². The van der Waals surface area contributed by atoms with Crippen LogP contribution in [0.2, 0.25) is 0 Å². The van der Waals surface area contributed by atoms with Crippen molar-refractivity contribution in [3.05, 3.63) is 91.7 Å². The van der Waals surface area contributed by atoms with Crippen molar-refractivity contribution in [3.8, 4) is 5.75 Å². The van der Waals surface area contributed by atoms with E-state index in [1.165, 1.54) is 43.5 Å². The van der Waals surface area contributed by atoms with Crippen molar-refractivity contribution in [2.45, 2.75) is 5.92 Å². The molecule has 0 radical (unpaired) electrons. The van der Waals surface area contributed by atoms with Gasteiger partial charge < -0.3 is 14.2 Å². The molecule has 0 spiro atoms. The molecular weight excluding hydrogens is 412 g/mol. The van der Waals surface area contributed by atoms with Gasteiger partial charge in [-0.1, -0.05) is 24.3 Å². The number of para-hydroxylation sites is 1. The molecule has 0 fully saturated rings. The van der Waals surface area contributed by atoms with Crippen molar-refractivity contribution in [2.24, 2.45) is 0 Å². The molecule has 0 amide bonds. The number of hydrogen-bond acceptors (Lipinski definition) is 9. The van der Waals surface area contributed by atoms with E-state index in [0.29, 0.717) is 5.56 Å². The van der Waals surface area contributed by atoms with E-state index >= 15 is 0 Å². The number of esters is 2. The van der Waals surface area contributed by atoms with E-state index in [4.69, 9.17) is 9.47 Å². The summed E-state index contributed by atoms with van der Waals surface area (Å²) in [5.74, 6) is -3.36. The molecule has 11 heteroatoms. The van der Waals surface area contributed by atoms with Crippen LogP contribution in [0.25, 0.3) is 0 Å². The van der Waals surface area contributed by atoms with Crippen molar-refractivity contribution >= 4 is 17.6 Å². The van der Waals surface area contributed by atoms with Crippen LogP contribution < -0.4 is 4.74 Å². The summed E-state index contributed by atoms with van der Waals surface area (Å²) in [6.45, 7) is -0.662. The summed E-state index contributed by atoms with van der Waals surface area (Å²) >= 11 is 0. The first-order valence-electron chi connectivity index (χ1n) is 8.78. The number of nitro groups is 2. The Hall–Kier alpha value is -4.28. The monoisotopic (exact) mass is 430 g/mol. The van der Waals surface area contributed by atoms with Crippen LogP contribution in [0.4, 0.5) is 5.69 Å². The van der Waals surface area contributed by atoms with Crippen molar-refractivity contribution < 1.29 is 33.6 Å². The topological polar surface area (TPSA) is 148 Å². The first-order chi connectivity index (χ1) is 14.8. The Morgan fingerprint density at radius 2 is 1.68 bits per heavy atom. The van der Waals surface area contributed by atoms with Gasteiger partial charge in [-0.05, 0) is 23.8 Å². The molecule has 1 atom stereocenters. The standard InChI is InChI=1S/C20H18N2O9/c1-29-17-6-4-3-5-16(17)19(23)31-18(20(24)30-2)11-14(12-21(25)26)13-7-9-15(10-8-13)22(27)28/h3-11,14H,12H2,1-2H3/b18-11-/t14-/m0/s1. The van der Waals surface area contributed by atoms with Crippen LogP contribution in [0.1, 0.15) is 21.8 Å². The number of hydrogen-bond donors (Lipinski definition) is 0. The van der Waals surface area contributed by atoms with E-state index < -0.39 is 40.0 Å². The molecule has 2 rings (SSSR count). The largest absolute Gasteiger partial charge is 0.496 e. The van der Waals surface area contributed by atoms with Gasteiger partial charge in [0.15, 0.2) is 0 Å². The third kappa shape index (κ3) is 6.10. The zero-order chi connectivity index (χ0) is 23.0. The van der Waals surface area contributed by atoms with Crippen molar-refractivity contribution in [3.63, 3.8) is 0 Å². The van der Waals surface area contributed by atoms with Crippen molar-refractivity contribution in [1.82, 2.24) is 0 Å². The quantitative estimate of drug-likeness (QED) is 0.192. The fourth-order valence-corrected chi connectivity index (χ4v) is 2.65. The van der Waals surface area contributed by atoms with Gasteiger partial charge in [0, 0.05) is 17.1 Å². The lowest BCUT2D eigenvalue weighted by Gasteiger charge is -2.13. The molecule has 0 saturated heterocycles. The van der Waals surface area contributed by atoms with Crippen molar-refractivity contribution in [2.75, 3.05) is 20.8 Å². The van der Waals surface area contributed by atoms with Gasteiger partial charge >= 0.3 is 11.9 Å². The smallest absolute Gasteiger partial charge is 0.373 e. The lowest BCUT2D eigenvalue weighted by molar-refractivity contribution is -0.481. The average Bonchev–Trinajstić information content (AvgIpc) is 2.77. The summed E-state index contributed by atoms with van der Waals surface area (Å²) in [5, 5.41) is 22.0. The third-order valence-corrected chi connectivity index (χ3v) is 4.15. The van der Waals surface area contributed by atoms with Gasteiger partial charge in [-0.25, -0.2) is 9.59 Å². The molecule has 2 aromatic rings. The molecule has 0 aliphatic rings. The fraction of sp³-hybridized carbons (Fsp3) is 0.200. The molecule has 0 saturated carbocycles. The van der Waals surface area contributed by atoms with Gasteiger partial charge in [0.2, 0.25) is 12.3 Å². The first-order valence-corrected chi connectivity index (χ1v) is 8.78. The predicted molar refractivity (Wildman–Crippen MR) is 106 cm³/mol. The second-order valence-electron chi connectivity index (χ2n) is 6.08. The van der Waals surface area contributed by atoms with E-state index in [9.17, 15) is 29.8 Å². The second-order valence-corrected chi connectivity index (χ2v) is 6.08. The van der Waals surface area contributed by atoms with Crippen LogP contribution >= 0.6 is 0 Å². The predicted octanol–water partition coefficient (Wildman–Crippen LogP) is 2.88. The molecule has 0 N–H and O–H groups in total. The number of nitrogens with zero attached hydrogens (tertiary/aromatic N) is 2. The first kappa shape index (κ1) is 23.0. The minimum Gasteiger partial charge on any atom is -0.496 e. The highest BCUT2D eigenvalue weighted by Crippen LogP contribution is 2.25. The highest BCUT2D eigenvalue weighted by Gasteiger charge is 2.25. The molecule has 0 heterocycles. The number of nitro benzene ring substituents is 1. The van der Waals surface area contributed by atoms with Crippen LogP contribution in [0.15, 0.2) is 60.4 Å². The minimum absolute atomic E-state index is 0.0287. The van der Waals surface area contributed by atoms with E-state index in [2.05, 4.69) is 4.74 Å². The van der Waals surface area contributed by atoms with Crippen LogP contribution in [0.5, 0.6) is 5.75 Å². The summed E-state index contributed by atoms with van der Waals surface area (Å²) in [7, 11) is 2.41. The lowest BCUT2D eigenvalue weighted by atomic mass is 9.98. The number of rotatable bonds is 9. The van der Waals surface area contributed by atoms with Gasteiger partial charge in [-0.2, -0.15) is 0 Å². The minimum atomic E-state index is -1.03. The average molecular weight is 430 g/mol. The zero-order valence-corrected chi connectivity index (χ0v) is 16.5. The Bertz CT molecular complexity index is 1020. The molecule has 0 aliphatic carbocycles. The lowest BCUT2D eigenvalue weighted by Crippen LogP contribution is -2.18. The van der Waals surface area contributed by atoms with Gasteiger partial charge in [-0.3, -0.25) is 20.2 Å². The zero-order valence-electron chi connectivity index (χ0n) is 16.5. The molecule has 0 aliphatic heterocycles. The Morgan fingerprint density at radius 1 is 1.03 bits per heavy atom. The highest BCUT2D eigenvalue weighted by molar-refractivity contribution is 5.97. The molecular formula is C20H18N2O9. The maximum atomic E-state index is 12.6. The van der Waals surface area contributed by atoms with Crippen LogP contribution in [-0.2, 0) is 14.3 Å². The van der Waals surface area contributed by atoms with Gasteiger partial charge in [0.25, 0.3) is 5.69 Å². The van der Waals surface area contributed by atoms with E-state index in [1.54, 1.807) is 12.1 Å². The molecule has 162 valence electrons. The van der Waals surface area contributed by atoms with E-state index in [0.717, 1.165) is 13.2 Å². The normalized spacial score (nSPS) is 11.9. The molecule has 2 aromatic carbocycles. The second kappa shape index (κ2) is 10.5. The summed E-state index contributed by atoms with van der Waals surface area (Å²) in [6, 6.07) is 11.1. The number of carbonyl (C=O) groups excluding carboxylic acids is 2. The van der Waals surface area contributed by atoms with Gasteiger partial charge in [-0.15, -0.1) is 0 Å². The number of carbonyl (C=O) groups is 2. The maximum Gasteiger partial charge on any atom is 0.373 e. The summed E-state index contributed by atoms with van der Waals surface area (Å²) in [5.41, 5.74) is 0.126. The molecule has 11 nitrogen and oxygen atoms in total. The maximum absolute atomic E-state index is 12.6. The summed E-state index contributed by atoms with van der Waals surface area (Å²) in [6.07, 6.45) is 1.07. The van der Waals surface area contributed by atoms with Crippen LogP contribution in [0, 0.1) is 20.2 Å². The Morgan fingerprint density at radius 3 is 2.23 bits per heavy atom. The Balaban J connectivity index is 2.42. The Kier molecular flexibility index (Phi) is 7.78. The van der Waals surface area contributed by atoms with E-state index in [-0.39, 0.29) is 17.0 Å². The van der Waals surface area contributed by atoms with Crippen molar-refractivity contribution in [1.29, 1.82) is 0 Å². The number of non-ortho nitro benzene ring substituents is 1. The number of methoxy groups -OCH3 is 2. The summed E-state index contributed by atoms with van der Waals surface area (Å²) in [4.78, 5) is 45.5. The summed E-state index contributed by atoms with van der Waals surface area (Å²) < 4.78 is 14.9. The van der Waals surface area contributed by atoms with Crippen LogP contribution in [0.3, 0.4) is 0 Å². The highest BCUT2D eigenvalue weighted by atomic mass is 16.6.